The SMILES string of the molecule is Cc1ccc(C(=O)OC(Cn2nnc3ccccc32)c2ccccc2F)cc1. The average Bonchev–Trinajstić information content (AvgIpc) is 3.11. The Morgan fingerprint density at radius 1 is 1.04 bits per heavy atom. The molecule has 0 bridgehead atoms. The van der Waals surface area contributed by atoms with Gasteiger partial charge in [0.2, 0.25) is 0 Å². The van der Waals surface area contributed by atoms with Crippen LogP contribution < -0.4 is 0 Å². The van der Waals surface area contributed by atoms with Crippen molar-refractivity contribution in [1.82, 2.24) is 15.0 Å². The second-order valence-electron chi connectivity index (χ2n) is 6.54. The fourth-order valence-corrected chi connectivity index (χ4v) is 3.03. The molecule has 0 spiro atoms. The van der Waals surface area contributed by atoms with Crippen LogP contribution in [0.1, 0.15) is 27.6 Å². The number of nitrogens with zero attached hydrogens (tertiary/aromatic N) is 3. The summed E-state index contributed by atoms with van der Waals surface area (Å²) in [5, 5.41) is 8.25. The van der Waals surface area contributed by atoms with Crippen LogP contribution in [0.5, 0.6) is 0 Å². The van der Waals surface area contributed by atoms with Gasteiger partial charge in [-0.2, -0.15) is 0 Å². The van der Waals surface area contributed by atoms with E-state index in [0.29, 0.717) is 11.1 Å². The Kier molecular flexibility index (Phi) is 4.85. The van der Waals surface area contributed by atoms with Crippen LogP contribution in [0.2, 0.25) is 0 Å². The summed E-state index contributed by atoms with van der Waals surface area (Å²) in [7, 11) is 0. The summed E-state index contributed by atoms with van der Waals surface area (Å²) in [6.45, 7) is 2.09. The summed E-state index contributed by atoms with van der Waals surface area (Å²) < 4.78 is 21.8. The number of para-hydroxylation sites is 1. The van der Waals surface area contributed by atoms with E-state index in [2.05, 4.69) is 10.3 Å². The van der Waals surface area contributed by atoms with Crippen LogP contribution in [0, 0.1) is 12.7 Å². The zero-order valence-corrected chi connectivity index (χ0v) is 15.2. The predicted octanol–water partition coefficient (Wildman–Crippen LogP) is 4.48. The molecule has 0 aliphatic rings. The minimum Gasteiger partial charge on any atom is -0.452 e. The van der Waals surface area contributed by atoms with E-state index in [1.165, 1.54) is 6.07 Å². The van der Waals surface area contributed by atoms with Gasteiger partial charge in [0.15, 0.2) is 0 Å². The Balaban J connectivity index is 1.67. The van der Waals surface area contributed by atoms with Gasteiger partial charge >= 0.3 is 5.97 Å². The summed E-state index contributed by atoms with van der Waals surface area (Å²) >= 11 is 0. The van der Waals surface area contributed by atoms with Crippen molar-refractivity contribution in [2.45, 2.75) is 19.6 Å². The van der Waals surface area contributed by atoms with Crippen LogP contribution >= 0.6 is 0 Å². The fraction of sp³-hybridized carbons (Fsp3) is 0.136. The van der Waals surface area contributed by atoms with Gasteiger partial charge in [-0.1, -0.05) is 53.2 Å². The maximum atomic E-state index is 14.5. The molecule has 6 heteroatoms. The molecule has 4 rings (SSSR count). The Morgan fingerprint density at radius 3 is 2.54 bits per heavy atom. The van der Waals surface area contributed by atoms with Gasteiger partial charge in [-0.05, 0) is 37.3 Å². The molecule has 0 amide bonds. The molecule has 140 valence electrons. The number of hydrogen-bond acceptors (Lipinski definition) is 4. The highest BCUT2D eigenvalue weighted by Gasteiger charge is 2.23. The van der Waals surface area contributed by atoms with Crippen molar-refractivity contribution >= 4 is 17.0 Å². The number of rotatable bonds is 5. The minimum atomic E-state index is -0.847. The van der Waals surface area contributed by atoms with E-state index in [-0.39, 0.29) is 6.54 Å². The lowest BCUT2D eigenvalue weighted by atomic mass is 10.1. The van der Waals surface area contributed by atoms with Crippen LogP contribution in [-0.4, -0.2) is 21.0 Å². The van der Waals surface area contributed by atoms with Gasteiger partial charge in [0.1, 0.15) is 17.4 Å². The monoisotopic (exact) mass is 375 g/mol. The van der Waals surface area contributed by atoms with E-state index in [4.69, 9.17) is 4.74 Å². The Bertz CT molecular complexity index is 1120. The molecule has 4 aromatic rings. The summed E-state index contributed by atoms with van der Waals surface area (Å²) in [4.78, 5) is 12.7. The zero-order valence-electron chi connectivity index (χ0n) is 15.2. The maximum Gasteiger partial charge on any atom is 0.338 e. The van der Waals surface area contributed by atoms with E-state index in [1.54, 1.807) is 35.0 Å². The van der Waals surface area contributed by atoms with Gasteiger partial charge in [0.05, 0.1) is 17.6 Å². The summed E-state index contributed by atoms with van der Waals surface area (Å²) in [5.41, 5.74) is 3.25. The predicted molar refractivity (Wildman–Crippen MR) is 103 cm³/mol. The highest BCUT2D eigenvalue weighted by molar-refractivity contribution is 5.89. The first kappa shape index (κ1) is 17.9. The molecule has 0 aliphatic carbocycles. The van der Waals surface area contributed by atoms with Crippen molar-refractivity contribution in [2.75, 3.05) is 0 Å². The van der Waals surface area contributed by atoms with E-state index in [9.17, 15) is 9.18 Å². The third kappa shape index (κ3) is 3.62. The van der Waals surface area contributed by atoms with E-state index < -0.39 is 17.9 Å². The lowest BCUT2D eigenvalue weighted by Gasteiger charge is -2.19. The van der Waals surface area contributed by atoms with Crippen LogP contribution in [-0.2, 0) is 11.3 Å². The van der Waals surface area contributed by atoms with Crippen molar-refractivity contribution in [2.24, 2.45) is 0 Å². The molecule has 0 saturated heterocycles. The first-order valence-electron chi connectivity index (χ1n) is 8.92. The molecule has 28 heavy (non-hydrogen) atoms. The number of carbonyl (C=O) groups is 1. The molecule has 1 atom stereocenters. The van der Waals surface area contributed by atoms with E-state index in [1.807, 2.05) is 43.3 Å². The van der Waals surface area contributed by atoms with Crippen molar-refractivity contribution in [1.29, 1.82) is 0 Å². The number of ether oxygens (including phenoxy) is 1. The summed E-state index contributed by atoms with van der Waals surface area (Å²) in [5.74, 6) is -0.952. The number of carbonyl (C=O) groups excluding carboxylic acids is 1. The summed E-state index contributed by atoms with van der Waals surface area (Å²) in [6.07, 6.45) is -0.847. The Labute approximate surface area is 161 Å². The maximum absolute atomic E-state index is 14.5. The Hall–Kier alpha value is -3.54. The molecule has 5 nitrogen and oxygen atoms in total. The van der Waals surface area contributed by atoms with Crippen molar-refractivity contribution in [3.05, 3.63) is 95.3 Å². The number of esters is 1. The van der Waals surface area contributed by atoms with Gasteiger partial charge in [0.25, 0.3) is 0 Å². The van der Waals surface area contributed by atoms with Crippen LogP contribution in [0.3, 0.4) is 0 Å². The molecular formula is C22H18FN3O2. The van der Waals surface area contributed by atoms with Crippen LogP contribution in [0.25, 0.3) is 11.0 Å². The third-order valence-electron chi connectivity index (χ3n) is 4.55. The van der Waals surface area contributed by atoms with Crippen molar-refractivity contribution in [3.63, 3.8) is 0 Å². The van der Waals surface area contributed by atoms with Gasteiger partial charge in [-0.3, -0.25) is 0 Å². The van der Waals surface area contributed by atoms with E-state index >= 15 is 0 Å². The smallest absolute Gasteiger partial charge is 0.338 e. The standard InChI is InChI=1S/C22H18FN3O2/c1-15-10-12-16(13-11-15)22(27)28-21(17-6-2-3-7-18(17)23)14-26-20-9-5-4-8-19(20)24-25-26/h2-13,21H,14H2,1H3. The quantitative estimate of drug-likeness (QED) is 0.483. The molecule has 1 unspecified atom stereocenters. The molecule has 0 N–H and O–H groups in total. The first-order chi connectivity index (χ1) is 13.6. The number of benzene rings is 3. The summed E-state index contributed by atoms with van der Waals surface area (Å²) in [6, 6.07) is 20.8. The average molecular weight is 375 g/mol. The third-order valence-corrected chi connectivity index (χ3v) is 4.55. The number of hydrogen-bond donors (Lipinski definition) is 0. The van der Waals surface area contributed by atoms with Gasteiger partial charge in [-0.25, -0.2) is 13.9 Å². The van der Waals surface area contributed by atoms with Crippen LogP contribution in [0.4, 0.5) is 4.39 Å². The number of halogens is 1. The number of aromatic nitrogens is 3. The highest BCUT2D eigenvalue weighted by atomic mass is 19.1. The van der Waals surface area contributed by atoms with Gasteiger partial charge in [0, 0.05) is 5.56 Å². The lowest BCUT2D eigenvalue weighted by Crippen LogP contribution is -2.19. The number of fused-ring (bicyclic) bond motifs is 1. The first-order valence-corrected chi connectivity index (χ1v) is 8.92. The highest BCUT2D eigenvalue weighted by Crippen LogP contribution is 2.25. The molecule has 1 heterocycles. The van der Waals surface area contributed by atoms with Crippen LogP contribution in [0.15, 0.2) is 72.8 Å². The largest absolute Gasteiger partial charge is 0.452 e. The van der Waals surface area contributed by atoms with E-state index in [0.717, 1.165) is 16.6 Å². The topological polar surface area (TPSA) is 57.0 Å². The molecule has 0 aliphatic heterocycles. The molecule has 0 radical (unpaired) electrons. The molecule has 0 saturated carbocycles. The normalized spacial score (nSPS) is 12.1. The molecular weight excluding hydrogens is 357 g/mol. The van der Waals surface area contributed by atoms with Crippen molar-refractivity contribution in [3.8, 4) is 0 Å². The fourth-order valence-electron chi connectivity index (χ4n) is 3.03. The Morgan fingerprint density at radius 2 is 1.75 bits per heavy atom. The second-order valence-corrected chi connectivity index (χ2v) is 6.54. The number of aryl methyl sites for hydroxylation is 1. The molecule has 3 aromatic carbocycles. The lowest BCUT2D eigenvalue weighted by molar-refractivity contribution is 0.0240. The minimum absolute atomic E-state index is 0.152. The zero-order chi connectivity index (χ0) is 19.5. The molecule has 1 aromatic heterocycles. The molecule has 0 fully saturated rings. The van der Waals surface area contributed by atoms with Gasteiger partial charge < -0.3 is 4.74 Å². The van der Waals surface area contributed by atoms with Gasteiger partial charge in [-0.15, -0.1) is 5.10 Å². The second kappa shape index (κ2) is 7.60. The van der Waals surface area contributed by atoms with Crippen molar-refractivity contribution < 1.29 is 13.9 Å².